The molecule has 0 spiro atoms. The Bertz CT molecular complexity index is 702. The van der Waals surface area contributed by atoms with E-state index in [2.05, 4.69) is 10.3 Å². The third kappa shape index (κ3) is 3.30. The van der Waals surface area contributed by atoms with Gasteiger partial charge in [-0.05, 0) is 18.6 Å². The van der Waals surface area contributed by atoms with Crippen LogP contribution in [0.5, 0.6) is 0 Å². The van der Waals surface area contributed by atoms with Crippen molar-refractivity contribution in [2.24, 2.45) is 0 Å². The van der Waals surface area contributed by atoms with Gasteiger partial charge in [0, 0.05) is 29.5 Å². The lowest BCUT2D eigenvalue weighted by Crippen LogP contribution is -2.29. The third-order valence-electron chi connectivity index (χ3n) is 3.47. The van der Waals surface area contributed by atoms with Gasteiger partial charge in [-0.25, -0.2) is 4.79 Å². The van der Waals surface area contributed by atoms with Crippen molar-refractivity contribution in [3.05, 3.63) is 40.7 Å². The lowest BCUT2D eigenvalue weighted by Gasteiger charge is -2.17. The molecule has 2 aromatic rings. The summed E-state index contributed by atoms with van der Waals surface area (Å²) in [6.07, 6.45) is 5.13. The van der Waals surface area contributed by atoms with Crippen LogP contribution in [-0.2, 0) is 4.79 Å². The maximum Gasteiger partial charge on any atom is 0.326 e. The highest BCUT2D eigenvalue weighted by molar-refractivity contribution is 6.00. The second-order valence-electron chi connectivity index (χ2n) is 4.99. The molecule has 0 fully saturated rings. The average molecular weight is 303 g/mol. The minimum atomic E-state index is -0.936. The molecule has 0 amide bonds. The van der Waals surface area contributed by atoms with Gasteiger partial charge in [0.1, 0.15) is 6.04 Å². The minimum absolute atomic E-state index is 0.0471. The molecule has 0 saturated heterocycles. The Morgan fingerprint density at radius 3 is 2.82 bits per heavy atom. The number of carboxylic acid groups (broad SMARTS) is 1. The fourth-order valence-electron chi connectivity index (χ4n) is 2.31. The number of unbranched alkanes of at least 4 members (excludes halogenated alkanes) is 1. The molecule has 1 unspecified atom stereocenters. The van der Waals surface area contributed by atoms with E-state index in [1.165, 1.54) is 18.5 Å². The topological polar surface area (TPSA) is 105 Å². The van der Waals surface area contributed by atoms with Crippen molar-refractivity contribution < 1.29 is 14.8 Å². The first-order valence-corrected chi connectivity index (χ1v) is 7.05. The van der Waals surface area contributed by atoms with Crippen LogP contribution in [0.2, 0.25) is 0 Å². The van der Waals surface area contributed by atoms with Crippen LogP contribution in [-0.4, -0.2) is 27.0 Å². The molecule has 7 heteroatoms. The second-order valence-corrected chi connectivity index (χ2v) is 4.99. The summed E-state index contributed by atoms with van der Waals surface area (Å²) >= 11 is 0. The number of carboxylic acids is 1. The van der Waals surface area contributed by atoms with Gasteiger partial charge in [-0.1, -0.05) is 19.8 Å². The van der Waals surface area contributed by atoms with Gasteiger partial charge in [0.15, 0.2) is 0 Å². The summed E-state index contributed by atoms with van der Waals surface area (Å²) in [6.45, 7) is 1.99. The van der Waals surface area contributed by atoms with Crippen LogP contribution in [0.25, 0.3) is 10.8 Å². The first kappa shape index (κ1) is 15.7. The zero-order valence-electron chi connectivity index (χ0n) is 12.2. The van der Waals surface area contributed by atoms with Gasteiger partial charge in [0.05, 0.1) is 10.3 Å². The number of fused-ring (bicyclic) bond motifs is 1. The van der Waals surface area contributed by atoms with Crippen LogP contribution in [0.4, 0.5) is 11.4 Å². The van der Waals surface area contributed by atoms with Gasteiger partial charge in [-0.15, -0.1) is 0 Å². The number of nitrogens with one attached hydrogen (secondary N) is 1. The molecule has 1 atom stereocenters. The summed E-state index contributed by atoms with van der Waals surface area (Å²) < 4.78 is 0. The number of benzene rings is 1. The largest absolute Gasteiger partial charge is 0.480 e. The molecular weight excluding hydrogens is 286 g/mol. The van der Waals surface area contributed by atoms with Crippen molar-refractivity contribution >= 4 is 28.1 Å². The van der Waals surface area contributed by atoms with E-state index in [1.807, 2.05) is 6.92 Å². The summed E-state index contributed by atoms with van der Waals surface area (Å²) in [5.74, 6) is -0.936. The van der Waals surface area contributed by atoms with Crippen LogP contribution < -0.4 is 5.32 Å². The zero-order valence-corrected chi connectivity index (χ0v) is 12.2. The van der Waals surface area contributed by atoms with Crippen LogP contribution in [0.15, 0.2) is 30.6 Å². The molecule has 2 rings (SSSR count). The number of non-ortho nitro benzene ring substituents is 1. The van der Waals surface area contributed by atoms with Gasteiger partial charge < -0.3 is 10.4 Å². The van der Waals surface area contributed by atoms with E-state index < -0.39 is 16.9 Å². The van der Waals surface area contributed by atoms with Crippen molar-refractivity contribution in [1.29, 1.82) is 0 Å². The maximum atomic E-state index is 11.3. The van der Waals surface area contributed by atoms with Crippen LogP contribution in [0.1, 0.15) is 26.2 Å². The van der Waals surface area contributed by atoms with Crippen LogP contribution >= 0.6 is 0 Å². The summed E-state index contributed by atoms with van der Waals surface area (Å²) in [5, 5.41) is 24.3. The predicted molar refractivity (Wildman–Crippen MR) is 83.0 cm³/mol. The number of nitrogens with zero attached hydrogens (tertiary/aromatic N) is 2. The molecule has 0 aliphatic heterocycles. The highest BCUT2D eigenvalue weighted by Gasteiger charge is 2.20. The minimum Gasteiger partial charge on any atom is -0.480 e. The molecule has 22 heavy (non-hydrogen) atoms. The van der Waals surface area contributed by atoms with E-state index >= 15 is 0 Å². The molecule has 1 aromatic heterocycles. The monoisotopic (exact) mass is 303 g/mol. The smallest absolute Gasteiger partial charge is 0.326 e. The Morgan fingerprint density at radius 2 is 2.18 bits per heavy atom. The number of pyridine rings is 1. The fourth-order valence-corrected chi connectivity index (χ4v) is 2.31. The number of aromatic nitrogens is 1. The third-order valence-corrected chi connectivity index (χ3v) is 3.47. The lowest BCUT2D eigenvalue weighted by atomic mass is 10.1. The first-order valence-electron chi connectivity index (χ1n) is 7.05. The van der Waals surface area contributed by atoms with Gasteiger partial charge in [-0.3, -0.25) is 15.1 Å². The normalized spacial score (nSPS) is 12.0. The van der Waals surface area contributed by atoms with E-state index in [1.54, 1.807) is 12.1 Å². The van der Waals surface area contributed by atoms with Gasteiger partial charge in [-0.2, -0.15) is 0 Å². The molecule has 2 N–H and O–H groups in total. The standard InChI is InChI=1S/C15H17N3O4/c1-2-3-4-13(15(19)20)17-12-5-6-14(18(21)22)11-9-16-8-7-10(11)12/h5-9,13,17H,2-4H2,1H3,(H,19,20). The SMILES string of the molecule is CCCCC(Nc1ccc([N+](=O)[O-])c2cnccc12)C(=O)O. The zero-order chi connectivity index (χ0) is 16.1. The number of carbonyl (C=O) groups is 1. The van der Waals surface area contributed by atoms with Crippen molar-refractivity contribution in [1.82, 2.24) is 4.98 Å². The van der Waals surface area contributed by atoms with E-state index in [9.17, 15) is 20.0 Å². The van der Waals surface area contributed by atoms with E-state index in [0.717, 1.165) is 12.8 Å². The van der Waals surface area contributed by atoms with Crippen LogP contribution in [0, 0.1) is 10.1 Å². The van der Waals surface area contributed by atoms with Crippen molar-refractivity contribution in [3.63, 3.8) is 0 Å². The number of hydrogen-bond donors (Lipinski definition) is 2. The Balaban J connectivity index is 2.41. The molecule has 0 saturated carbocycles. The Labute approximate surface area is 127 Å². The van der Waals surface area contributed by atoms with E-state index in [-0.39, 0.29) is 5.69 Å². The van der Waals surface area contributed by atoms with Gasteiger partial charge in [0.2, 0.25) is 0 Å². The number of nitro groups is 1. The lowest BCUT2D eigenvalue weighted by molar-refractivity contribution is -0.383. The number of rotatable bonds is 7. The molecular formula is C15H17N3O4. The van der Waals surface area contributed by atoms with Crippen LogP contribution in [0.3, 0.4) is 0 Å². The predicted octanol–water partition coefficient (Wildman–Crippen LogP) is 3.20. The molecule has 1 heterocycles. The summed E-state index contributed by atoms with van der Waals surface area (Å²) in [5.41, 5.74) is 0.514. The number of nitro benzene ring substituents is 1. The fraction of sp³-hybridized carbons (Fsp3) is 0.333. The van der Waals surface area contributed by atoms with Crippen molar-refractivity contribution in [2.75, 3.05) is 5.32 Å². The summed E-state index contributed by atoms with van der Waals surface area (Å²) in [6, 6.07) is 3.83. The highest BCUT2D eigenvalue weighted by atomic mass is 16.6. The Hall–Kier alpha value is -2.70. The molecule has 0 aliphatic rings. The number of hydrogen-bond acceptors (Lipinski definition) is 5. The summed E-state index contributed by atoms with van der Waals surface area (Å²) in [7, 11) is 0. The Morgan fingerprint density at radius 1 is 1.41 bits per heavy atom. The molecule has 1 aromatic carbocycles. The molecule has 0 aliphatic carbocycles. The van der Waals surface area contributed by atoms with Crippen molar-refractivity contribution in [3.8, 4) is 0 Å². The quantitative estimate of drug-likeness (QED) is 0.601. The molecule has 116 valence electrons. The Kier molecular flexibility index (Phi) is 4.88. The average Bonchev–Trinajstić information content (AvgIpc) is 2.50. The number of anilines is 1. The molecule has 0 bridgehead atoms. The van der Waals surface area contributed by atoms with Gasteiger partial charge in [0.25, 0.3) is 5.69 Å². The van der Waals surface area contributed by atoms with E-state index in [4.69, 9.17) is 0 Å². The van der Waals surface area contributed by atoms with Gasteiger partial charge >= 0.3 is 5.97 Å². The maximum absolute atomic E-state index is 11.3. The number of aliphatic carboxylic acids is 1. The highest BCUT2D eigenvalue weighted by Crippen LogP contribution is 2.31. The second kappa shape index (κ2) is 6.84. The summed E-state index contributed by atoms with van der Waals surface area (Å²) in [4.78, 5) is 25.8. The molecule has 7 nitrogen and oxygen atoms in total. The van der Waals surface area contributed by atoms with E-state index in [0.29, 0.717) is 22.9 Å². The first-order chi connectivity index (χ1) is 10.5. The molecule has 0 radical (unpaired) electrons. The van der Waals surface area contributed by atoms with Crippen molar-refractivity contribution in [2.45, 2.75) is 32.2 Å².